The molecule has 0 radical (unpaired) electrons. The van der Waals surface area contributed by atoms with Gasteiger partial charge in [0.25, 0.3) is 11.8 Å². The highest BCUT2D eigenvalue weighted by molar-refractivity contribution is 6.53. The van der Waals surface area contributed by atoms with Crippen LogP contribution in [0.3, 0.4) is 0 Å². The molecule has 0 atom stereocenters. The Morgan fingerprint density at radius 3 is 2.18 bits per heavy atom. The number of esters is 1. The molecule has 2 amide bonds. The summed E-state index contributed by atoms with van der Waals surface area (Å²) in [5.74, 6) is -0.651. The molecular formula is C26H21ClN2O5. The number of rotatable bonds is 6. The maximum Gasteiger partial charge on any atom is 0.343 e. The average molecular weight is 477 g/mol. The molecule has 1 heterocycles. The molecule has 0 saturated heterocycles. The molecule has 34 heavy (non-hydrogen) atoms. The van der Waals surface area contributed by atoms with Crippen molar-refractivity contribution >= 4 is 40.8 Å². The number of amides is 2. The molecule has 4 rings (SSSR count). The summed E-state index contributed by atoms with van der Waals surface area (Å²) in [6, 6.07) is 18.4. The van der Waals surface area contributed by atoms with Crippen molar-refractivity contribution < 1.29 is 23.9 Å². The lowest BCUT2D eigenvalue weighted by Crippen LogP contribution is -2.32. The standard InChI is InChI=1S/C26H21ClN2O5/c1-15-4-5-16(2)21(14-15)29-24(30)22(27)23(25(29)31)28-18-8-6-17(7-9-18)26(32)34-20-12-10-19(33-3)11-13-20/h4-14,28H,1-3H3. The minimum Gasteiger partial charge on any atom is -0.497 e. The highest BCUT2D eigenvalue weighted by atomic mass is 35.5. The third-order valence-electron chi connectivity index (χ3n) is 5.29. The maximum absolute atomic E-state index is 13.0. The Bertz CT molecular complexity index is 1310. The molecule has 0 unspecified atom stereocenters. The first-order chi connectivity index (χ1) is 16.3. The van der Waals surface area contributed by atoms with Crippen LogP contribution >= 0.6 is 11.6 Å². The molecule has 1 aliphatic rings. The molecule has 172 valence electrons. The second-order valence-corrected chi connectivity index (χ2v) is 8.07. The van der Waals surface area contributed by atoms with Crippen LogP contribution < -0.4 is 19.7 Å². The largest absolute Gasteiger partial charge is 0.497 e. The number of anilines is 2. The van der Waals surface area contributed by atoms with Crippen LogP contribution in [0, 0.1) is 13.8 Å². The number of ether oxygens (including phenoxy) is 2. The highest BCUT2D eigenvalue weighted by Crippen LogP contribution is 2.32. The number of nitrogens with one attached hydrogen (secondary N) is 1. The lowest BCUT2D eigenvalue weighted by Gasteiger charge is -2.18. The number of imide groups is 1. The van der Waals surface area contributed by atoms with Gasteiger partial charge >= 0.3 is 5.97 Å². The smallest absolute Gasteiger partial charge is 0.343 e. The average Bonchev–Trinajstić information content (AvgIpc) is 3.04. The van der Waals surface area contributed by atoms with E-state index >= 15 is 0 Å². The van der Waals surface area contributed by atoms with E-state index in [2.05, 4.69) is 5.32 Å². The predicted molar refractivity (Wildman–Crippen MR) is 129 cm³/mol. The van der Waals surface area contributed by atoms with Gasteiger partial charge in [0.2, 0.25) is 0 Å². The van der Waals surface area contributed by atoms with E-state index in [-0.39, 0.29) is 10.7 Å². The maximum atomic E-state index is 13.0. The summed E-state index contributed by atoms with van der Waals surface area (Å²) in [4.78, 5) is 39.3. The molecule has 0 aliphatic carbocycles. The number of nitrogens with zero attached hydrogens (tertiary/aromatic N) is 1. The quantitative estimate of drug-likeness (QED) is 0.307. The first-order valence-electron chi connectivity index (χ1n) is 10.4. The van der Waals surface area contributed by atoms with Gasteiger partial charge in [-0.1, -0.05) is 23.7 Å². The fourth-order valence-corrected chi connectivity index (χ4v) is 3.65. The van der Waals surface area contributed by atoms with E-state index in [0.717, 1.165) is 16.0 Å². The van der Waals surface area contributed by atoms with Crippen molar-refractivity contribution in [3.63, 3.8) is 0 Å². The zero-order chi connectivity index (χ0) is 24.4. The molecule has 0 fully saturated rings. The number of carbonyl (C=O) groups excluding carboxylic acids is 3. The van der Waals surface area contributed by atoms with Gasteiger partial charge < -0.3 is 14.8 Å². The monoisotopic (exact) mass is 476 g/mol. The molecule has 0 bridgehead atoms. The van der Waals surface area contributed by atoms with E-state index in [9.17, 15) is 14.4 Å². The fraction of sp³-hybridized carbons (Fsp3) is 0.115. The SMILES string of the molecule is COc1ccc(OC(=O)c2ccc(NC3=C(Cl)C(=O)N(c4cc(C)ccc4C)C3=O)cc2)cc1. The summed E-state index contributed by atoms with van der Waals surface area (Å²) in [6.07, 6.45) is 0. The topological polar surface area (TPSA) is 84.9 Å². The Morgan fingerprint density at radius 2 is 1.53 bits per heavy atom. The fourth-order valence-electron chi connectivity index (χ4n) is 3.43. The van der Waals surface area contributed by atoms with E-state index in [4.69, 9.17) is 21.1 Å². The van der Waals surface area contributed by atoms with Gasteiger partial charge in [0.05, 0.1) is 18.4 Å². The molecule has 1 N–H and O–H groups in total. The van der Waals surface area contributed by atoms with Crippen LogP contribution in [-0.4, -0.2) is 24.9 Å². The van der Waals surface area contributed by atoms with Gasteiger partial charge in [0.15, 0.2) is 0 Å². The van der Waals surface area contributed by atoms with Gasteiger partial charge in [-0.2, -0.15) is 0 Å². The van der Waals surface area contributed by atoms with Gasteiger partial charge in [-0.15, -0.1) is 0 Å². The molecule has 1 aliphatic heterocycles. The summed E-state index contributed by atoms with van der Waals surface area (Å²) in [5, 5.41) is 2.70. The normalized spacial score (nSPS) is 13.4. The van der Waals surface area contributed by atoms with E-state index in [0.29, 0.717) is 28.4 Å². The van der Waals surface area contributed by atoms with Gasteiger partial charge in [-0.25, -0.2) is 9.69 Å². The first kappa shape index (κ1) is 23.1. The van der Waals surface area contributed by atoms with Crippen molar-refractivity contribution in [2.45, 2.75) is 13.8 Å². The lowest BCUT2D eigenvalue weighted by atomic mass is 10.1. The molecule has 3 aromatic carbocycles. The zero-order valence-electron chi connectivity index (χ0n) is 18.7. The van der Waals surface area contributed by atoms with Gasteiger partial charge in [0.1, 0.15) is 22.2 Å². The third kappa shape index (κ3) is 4.51. The third-order valence-corrected chi connectivity index (χ3v) is 5.64. The van der Waals surface area contributed by atoms with Crippen molar-refractivity contribution in [1.82, 2.24) is 0 Å². The summed E-state index contributed by atoms with van der Waals surface area (Å²) in [6.45, 7) is 3.70. The number of carbonyl (C=O) groups is 3. The molecule has 0 spiro atoms. The number of aryl methyl sites for hydroxylation is 2. The van der Waals surface area contributed by atoms with Crippen molar-refractivity contribution in [2.75, 3.05) is 17.3 Å². The summed E-state index contributed by atoms with van der Waals surface area (Å²) in [5.41, 5.74) is 2.95. The summed E-state index contributed by atoms with van der Waals surface area (Å²) < 4.78 is 10.4. The second kappa shape index (κ2) is 9.41. The zero-order valence-corrected chi connectivity index (χ0v) is 19.5. The van der Waals surface area contributed by atoms with Crippen LogP contribution in [0.5, 0.6) is 11.5 Å². The van der Waals surface area contributed by atoms with Crippen LogP contribution in [0.1, 0.15) is 21.5 Å². The highest BCUT2D eigenvalue weighted by Gasteiger charge is 2.39. The minimum absolute atomic E-state index is 0.0267. The Balaban J connectivity index is 1.48. The molecule has 0 aromatic heterocycles. The summed E-state index contributed by atoms with van der Waals surface area (Å²) >= 11 is 6.23. The Morgan fingerprint density at radius 1 is 0.882 bits per heavy atom. The molecular weight excluding hydrogens is 456 g/mol. The van der Waals surface area contributed by atoms with Crippen molar-refractivity contribution in [1.29, 1.82) is 0 Å². The number of hydrogen-bond donors (Lipinski definition) is 1. The number of methoxy groups -OCH3 is 1. The minimum atomic E-state index is -0.595. The number of hydrogen-bond acceptors (Lipinski definition) is 6. The Kier molecular flexibility index (Phi) is 6.38. The lowest BCUT2D eigenvalue weighted by molar-refractivity contribution is -0.120. The Labute approximate surface area is 201 Å². The number of benzene rings is 3. The molecule has 3 aromatic rings. The number of halogens is 1. The van der Waals surface area contributed by atoms with Crippen LogP contribution in [0.4, 0.5) is 11.4 Å². The summed E-state index contributed by atoms with van der Waals surface area (Å²) in [7, 11) is 1.55. The van der Waals surface area contributed by atoms with Crippen LogP contribution in [-0.2, 0) is 9.59 Å². The van der Waals surface area contributed by atoms with E-state index in [1.807, 2.05) is 26.0 Å². The predicted octanol–water partition coefficient (Wildman–Crippen LogP) is 4.97. The van der Waals surface area contributed by atoms with Gasteiger partial charge in [-0.05, 0) is 79.6 Å². The van der Waals surface area contributed by atoms with E-state index in [1.165, 1.54) is 0 Å². The first-order valence-corrected chi connectivity index (χ1v) is 10.8. The van der Waals surface area contributed by atoms with Gasteiger partial charge in [0, 0.05) is 5.69 Å². The van der Waals surface area contributed by atoms with E-state index in [1.54, 1.807) is 61.7 Å². The molecule has 7 nitrogen and oxygen atoms in total. The van der Waals surface area contributed by atoms with Gasteiger partial charge in [-0.3, -0.25) is 9.59 Å². The van der Waals surface area contributed by atoms with Crippen LogP contribution in [0.2, 0.25) is 0 Å². The van der Waals surface area contributed by atoms with Crippen molar-refractivity contribution in [2.24, 2.45) is 0 Å². The van der Waals surface area contributed by atoms with Crippen molar-refractivity contribution in [3.8, 4) is 11.5 Å². The Hall–Kier alpha value is -4.10. The van der Waals surface area contributed by atoms with Crippen molar-refractivity contribution in [3.05, 3.63) is 94.1 Å². The van der Waals surface area contributed by atoms with E-state index < -0.39 is 17.8 Å². The van der Waals surface area contributed by atoms with Crippen LogP contribution in [0.15, 0.2) is 77.5 Å². The van der Waals surface area contributed by atoms with Crippen LogP contribution in [0.25, 0.3) is 0 Å². The molecule has 0 saturated carbocycles. The second-order valence-electron chi connectivity index (χ2n) is 7.69. The molecule has 8 heteroatoms.